The predicted octanol–water partition coefficient (Wildman–Crippen LogP) is 1.17. The summed E-state index contributed by atoms with van der Waals surface area (Å²) in [6, 6.07) is 0.0841. The van der Waals surface area contributed by atoms with Crippen LogP contribution >= 0.6 is 0 Å². The van der Waals surface area contributed by atoms with Crippen LogP contribution in [0.25, 0.3) is 0 Å². The highest BCUT2D eigenvalue weighted by Gasteiger charge is 2.34. The molecule has 2 atom stereocenters. The van der Waals surface area contributed by atoms with E-state index in [1.54, 1.807) is 0 Å². The molecule has 2 unspecified atom stereocenters. The van der Waals surface area contributed by atoms with Gasteiger partial charge >= 0.3 is 0 Å². The number of likely N-dealkylation sites (tertiary alicyclic amines) is 1. The highest BCUT2D eigenvalue weighted by atomic mass is 16.2. The molecule has 2 fully saturated rings. The summed E-state index contributed by atoms with van der Waals surface area (Å²) in [6.45, 7) is 12.5. The molecule has 1 amide bonds. The largest absolute Gasteiger partial charge is 0.339 e. The average Bonchev–Trinajstić information content (AvgIpc) is 2.39. The first kappa shape index (κ1) is 14.8. The molecule has 1 N–H and O–H groups in total. The molecule has 0 spiro atoms. The van der Waals surface area contributed by atoms with Crippen molar-refractivity contribution < 1.29 is 4.79 Å². The molecule has 0 bridgehead atoms. The van der Waals surface area contributed by atoms with Gasteiger partial charge in [0.05, 0.1) is 6.04 Å². The quantitative estimate of drug-likeness (QED) is 0.834. The first-order valence-corrected chi connectivity index (χ1v) is 7.83. The normalized spacial score (nSPS) is 27.6. The second-order valence-corrected chi connectivity index (χ2v) is 6.51. The minimum atomic E-state index is 0.0841. The Morgan fingerprint density at radius 1 is 1.21 bits per heavy atom. The highest BCUT2D eigenvalue weighted by molar-refractivity contribution is 5.82. The van der Waals surface area contributed by atoms with Gasteiger partial charge in [-0.25, -0.2) is 0 Å². The van der Waals surface area contributed by atoms with Crippen LogP contribution in [0.1, 0.15) is 33.6 Å². The van der Waals surface area contributed by atoms with Gasteiger partial charge in [0.2, 0.25) is 5.91 Å². The molecule has 0 radical (unpaired) electrons. The van der Waals surface area contributed by atoms with Gasteiger partial charge in [-0.3, -0.25) is 9.69 Å². The lowest BCUT2D eigenvalue weighted by atomic mass is 9.94. The summed E-state index contributed by atoms with van der Waals surface area (Å²) in [5.74, 6) is 1.48. The van der Waals surface area contributed by atoms with Crippen LogP contribution in [-0.2, 0) is 4.79 Å². The summed E-state index contributed by atoms with van der Waals surface area (Å²) in [5, 5.41) is 3.32. The van der Waals surface area contributed by atoms with Crippen LogP contribution in [0.15, 0.2) is 0 Å². The lowest BCUT2D eigenvalue weighted by molar-refractivity contribution is -0.140. The molecule has 2 saturated heterocycles. The standard InChI is InChI=1S/C15H29N3O/c1-12(2)14(18-8-4-5-13(3)11-18)15(19)17-9-6-16-7-10-17/h12-14,16H,4-11H2,1-3H3. The molecular weight excluding hydrogens is 238 g/mol. The third kappa shape index (κ3) is 3.69. The van der Waals surface area contributed by atoms with Crippen molar-refractivity contribution >= 4 is 5.91 Å². The summed E-state index contributed by atoms with van der Waals surface area (Å²) >= 11 is 0. The summed E-state index contributed by atoms with van der Waals surface area (Å²) < 4.78 is 0. The van der Waals surface area contributed by atoms with Crippen LogP contribution in [0.5, 0.6) is 0 Å². The summed E-state index contributed by atoms with van der Waals surface area (Å²) in [4.78, 5) is 17.3. The van der Waals surface area contributed by atoms with Crippen LogP contribution < -0.4 is 5.32 Å². The van der Waals surface area contributed by atoms with Gasteiger partial charge in [-0.05, 0) is 31.2 Å². The van der Waals surface area contributed by atoms with E-state index < -0.39 is 0 Å². The van der Waals surface area contributed by atoms with Crippen LogP contribution in [0, 0.1) is 11.8 Å². The minimum Gasteiger partial charge on any atom is -0.339 e. The number of hydrogen-bond acceptors (Lipinski definition) is 3. The third-order valence-corrected chi connectivity index (χ3v) is 4.39. The molecule has 0 aromatic heterocycles. The van der Waals surface area contributed by atoms with E-state index in [0.717, 1.165) is 45.2 Å². The Morgan fingerprint density at radius 2 is 1.89 bits per heavy atom. The van der Waals surface area contributed by atoms with E-state index in [1.807, 2.05) is 0 Å². The fourth-order valence-corrected chi connectivity index (χ4v) is 3.41. The van der Waals surface area contributed by atoms with Crippen molar-refractivity contribution in [3.63, 3.8) is 0 Å². The zero-order chi connectivity index (χ0) is 13.8. The summed E-state index contributed by atoms with van der Waals surface area (Å²) in [7, 11) is 0. The lowest BCUT2D eigenvalue weighted by Crippen LogP contribution is -2.57. The van der Waals surface area contributed by atoms with Crippen molar-refractivity contribution in [1.82, 2.24) is 15.1 Å². The van der Waals surface area contributed by atoms with Gasteiger partial charge in [-0.2, -0.15) is 0 Å². The van der Waals surface area contributed by atoms with Gasteiger partial charge in [0.25, 0.3) is 0 Å². The molecule has 0 saturated carbocycles. The first-order valence-electron chi connectivity index (χ1n) is 7.83. The number of amides is 1. The molecule has 110 valence electrons. The molecule has 4 nitrogen and oxygen atoms in total. The number of nitrogens with zero attached hydrogens (tertiary/aromatic N) is 2. The van der Waals surface area contributed by atoms with Gasteiger partial charge in [0.1, 0.15) is 0 Å². The number of rotatable bonds is 3. The molecule has 2 aliphatic heterocycles. The van der Waals surface area contributed by atoms with E-state index in [-0.39, 0.29) is 6.04 Å². The Kier molecular flexibility index (Phi) is 5.22. The lowest BCUT2D eigenvalue weighted by Gasteiger charge is -2.41. The van der Waals surface area contributed by atoms with Crippen LogP contribution in [0.4, 0.5) is 0 Å². The SMILES string of the molecule is CC1CCCN(C(C(=O)N2CCNCC2)C(C)C)C1. The van der Waals surface area contributed by atoms with Crippen molar-refractivity contribution in [2.24, 2.45) is 11.8 Å². The fourth-order valence-electron chi connectivity index (χ4n) is 3.41. The van der Waals surface area contributed by atoms with Gasteiger partial charge in [0.15, 0.2) is 0 Å². The summed E-state index contributed by atoms with van der Waals surface area (Å²) in [6.07, 6.45) is 2.54. The van der Waals surface area contributed by atoms with E-state index in [2.05, 4.69) is 35.9 Å². The molecule has 0 aromatic rings. The number of carbonyl (C=O) groups excluding carboxylic acids is 1. The maximum Gasteiger partial charge on any atom is 0.240 e. The molecular formula is C15H29N3O. The number of nitrogens with one attached hydrogen (secondary N) is 1. The van der Waals surface area contributed by atoms with E-state index in [1.165, 1.54) is 12.8 Å². The highest BCUT2D eigenvalue weighted by Crippen LogP contribution is 2.22. The number of piperazine rings is 1. The predicted molar refractivity (Wildman–Crippen MR) is 78.0 cm³/mol. The van der Waals surface area contributed by atoms with Crippen molar-refractivity contribution in [3.05, 3.63) is 0 Å². The Bertz CT molecular complexity index is 300. The zero-order valence-corrected chi connectivity index (χ0v) is 12.7. The summed E-state index contributed by atoms with van der Waals surface area (Å²) in [5.41, 5.74) is 0. The van der Waals surface area contributed by atoms with E-state index in [0.29, 0.717) is 11.8 Å². The van der Waals surface area contributed by atoms with E-state index in [4.69, 9.17) is 0 Å². The fraction of sp³-hybridized carbons (Fsp3) is 0.933. The zero-order valence-electron chi connectivity index (χ0n) is 12.7. The molecule has 2 heterocycles. The molecule has 19 heavy (non-hydrogen) atoms. The maximum atomic E-state index is 12.8. The van der Waals surface area contributed by atoms with Gasteiger partial charge in [-0.15, -0.1) is 0 Å². The van der Waals surface area contributed by atoms with Crippen molar-refractivity contribution in [2.75, 3.05) is 39.3 Å². The molecule has 0 aliphatic carbocycles. The maximum absolute atomic E-state index is 12.8. The van der Waals surface area contributed by atoms with Gasteiger partial charge in [-0.1, -0.05) is 20.8 Å². The second-order valence-electron chi connectivity index (χ2n) is 6.51. The Hall–Kier alpha value is -0.610. The number of carbonyl (C=O) groups is 1. The number of hydrogen-bond donors (Lipinski definition) is 1. The van der Waals surface area contributed by atoms with Crippen LogP contribution in [0.3, 0.4) is 0 Å². The minimum absolute atomic E-state index is 0.0841. The van der Waals surface area contributed by atoms with Crippen molar-refractivity contribution in [2.45, 2.75) is 39.7 Å². The Labute approximate surface area is 117 Å². The monoisotopic (exact) mass is 267 g/mol. The molecule has 0 aromatic carbocycles. The van der Waals surface area contributed by atoms with Crippen LogP contribution in [0.2, 0.25) is 0 Å². The van der Waals surface area contributed by atoms with Crippen LogP contribution in [-0.4, -0.2) is 61.0 Å². The topological polar surface area (TPSA) is 35.6 Å². The Morgan fingerprint density at radius 3 is 2.47 bits per heavy atom. The molecule has 2 aliphatic rings. The first-order chi connectivity index (χ1) is 9.09. The van der Waals surface area contributed by atoms with Gasteiger partial charge in [0, 0.05) is 32.7 Å². The average molecular weight is 267 g/mol. The smallest absolute Gasteiger partial charge is 0.240 e. The van der Waals surface area contributed by atoms with Gasteiger partial charge < -0.3 is 10.2 Å². The second kappa shape index (κ2) is 6.71. The number of piperidine rings is 1. The Balaban J connectivity index is 2.03. The molecule has 4 heteroatoms. The van der Waals surface area contributed by atoms with E-state index >= 15 is 0 Å². The van der Waals surface area contributed by atoms with E-state index in [9.17, 15) is 4.79 Å². The third-order valence-electron chi connectivity index (χ3n) is 4.39. The molecule has 2 rings (SSSR count). The van der Waals surface area contributed by atoms with Crippen molar-refractivity contribution in [1.29, 1.82) is 0 Å². The van der Waals surface area contributed by atoms with Crippen molar-refractivity contribution in [3.8, 4) is 0 Å².